The molecule has 1 atom stereocenters. The SMILES string of the molecule is CCCN1C(=O)CC(NCc2cncs2)C1=O. The van der Waals surface area contributed by atoms with Crippen molar-refractivity contribution in [2.45, 2.75) is 32.4 Å². The van der Waals surface area contributed by atoms with Gasteiger partial charge in [0, 0.05) is 24.2 Å². The summed E-state index contributed by atoms with van der Waals surface area (Å²) in [6.07, 6.45) is 2.85. The van der Waals surface area contributed by atoms with Crippen LogP contribution in [0.15, 0.2) is 11.7 Å². The molecule has 2 rings (SSSR count). The smallest absolute Gasteiger partial charge is 0.246 e. The highest BCUT2D eigenvalue weighted by molar-refractivity contribution is 7.09. The third-order valence-electron chi connectivity index (χ3n) is 2.70. The second kappa shape index (κ2) is 5.37. The Kier molecular flexibility index (Phi) is 3.86. The number of hydrogen-bond donors (Lipinski definition) is 1. The number of aromatic nitrogens is 1. The summed E-state index contributed by atoms with van der Waals surface area (Å²) < 4.78 is 0. The molecule has 1 unspecified atom stereocenters. The first-order chi connectivity index (χ1) is 8.22. The van der Waals surface area contributed by atoms with Crippen LogP contribution in [0.4, 0.5) is 0 Å². The van der Waals surface area contributed by atoms with Crippen molar-refractivity contribution in [2.75, 3.05) is 6.54 Å². The van der Waals surface area contributed by atoms with Crippen LogP contribution in [0.25, 0.3) is 0 Å². The van der Waals surface area contributed by atoms with Crippen LogP contribution in [-0.4, -0.2) is 34.3 Å². The van der Waals surface area contributed by atoms with Crippen molar-refractivity contribution >= 4 is 23.2 Å². The van der Waals surface area contributed by atoms with E-state index in [1.54, 1.807) is 11.7 Å². The summed E-state index contributed by atoms with van der Waals surface area (Å²) in [6.45, 7) is 3.07. The van der Waals surface area contributed by atoms with Crippen molar-refractivity contribution in [3.05, 3.63) is 16.6 Å². The Balaban J connectivity index is 1.90. The van der Waals surface area contributed by atoms with E-state index in [-0.39, 0.29) is 24.3 Å². The fourth-order valence-corrected chi connectivity index (χ4v) is 2.40. The van der Waals surface area contributed by atoms with Crippen molar-refractivity contribution in [2.24, 2.45) is 0 Å². The molecule has 2 heterocycles. The van der Waals surface area contributed by atoms with E-state index in [0.29, 0.717) is 13.1 Å². The molecule has 0 aromatic carbocycles. The zero-order valence-electron chi connectivity index (χ0n) is 9.68. The lowest BCUT2D eigenvalue weighted by Crippen LogP contribution is -2.38. The van der Waals surface area contributed by atoms with Crippen LogP contribution >= 0.6 is 11.3 Å². The fraction of sp³-hybridized carbons (Fsp3) is 0.545. The predicted octanol–water partition coefficient (Wildman–Crippen LogP) is 0.770. The zero-order valence-corrected chi connectivity index (χ0v) is 10.5. The number of rotatable bonds is 5. The molecule has 6 heteroatoms. The van der Waals surface area contributed by atoms with Gasteiger partial charge in [-0.05, 0) is 6.42 Å². The maximum absolute atomic E-state index is 11.9. The summed E-state index contributed by atoms with van der Waals surface area (Å²) in [5.41, 5.74) is 1.75. The van der Waals surface area contributed by atoms with Gasteiger partial charge >= 0.3 is 0 Å². The molecule has 5 nitrogen and oxygen atoms in total. The van der Waals surface area contributed by atoms with Gasteiger partial charge < -0.3 is 5.32 Å². The van der Waals surface area contributed by atoms with E-state index in [4.69, 9.17) is 0 Å². The molecule has 92 valence electrons. The summed E-state index contributed by atoms with van der Waals surface area (Å²) in [6, 6.07) is -0.365. The van der Waals surface area contributed by atoms with Gasteiger partial charge in [0.15, 0.2) is 0 Å². The normalized spacial score (nSPS) is 20.3. The monoisotopic (exact) mass is 253 g/mol. The van der Waals surface area contributed by atoms with Crippen LogP contribution in [0.5, 0.6) is 0 Å². The number of thiazole rings is 1. The molecule has 1 N–H and O–H groups in total. The third-order valence-corrected chi connectivity index (χ3v) is 3.48. The first kappa shape index (κ1) is 12.2. The van der Waals surface area contributed by atoms with Gasteiger partial charge in [-0.15, -0.1) is 11.3 Å². The Hall–Kier alpha value is -1.27. The van der Waals surface area contributed by atoms with Crippen molar-refractivity contribution in [1.29, 1.82) is 0 Å². The second-order valence-corrected chi connectivity index (χ2v) is 4.96. The van der Waals surface area contributed by atoms with Crippen molar-refractivity contribution in [3.8, 4) is 0 Å². The lowest BCUT2D eigenvalue weighted by Gasteiger charge is -2.13. The van der Waals surface area contributed by atoms with Crippen molar-refractivity contribution < 1.29 is 9.59 Å². The van der Waals surface area contributed by atoms with Gasteiger partial charge in [0.25, 0.3) is 0 Å². The number of imide groups is 1. The maximum atomic E-state index is 11.9. The number of carbonyl (C=O) groups is 2. The Morgan fingerprint density at radius 3 is 3.06 bits per heavy atom. The number of nitrogens with one attached hydrogen (secondary N) is 1. The topological polar surface area (TPSA) is 62.3 Å². The Bertz CT molecular complexity index is 405. The average Bonchev–Trinajstić information content (AvgIpc) is 2.90. The van der Waals surface area contributed by atoms with E-state index in [0.717, 1.165) is 11.3 Å². The molecule has 1 aromatic heterocycles. The molecule has 1 saturated heterocycles. The van der Waals surface area contributed by atoms with Gasteiger partial charge in [-0.3, -0.25) is 19.5 Å². The lowest BCUT2D eigenvalue weighted by atomic mass is 10.2. The minimum absolute atomic E-state index is 0.0707. The van der Waals surface area contributed by atoms with Gasteiger partial charge in [0.2, 0.25) is 11.8 Å². The minimum atomic E-state index is -0.365. The summed E-state index contributed by atoms with van der Waals surface area (Å²) in [5.74, 6) is -0.167. The number of nitrogens with zero attached hydrogens (tertiary/aromatic N) is 2. The van der Waals surface area contributed by atoms with Gasteiger partial charge in [-0.2, -0.15) is 0 Å². The van der Waals surface area contributed by atoms with E-state index >= 15 is 0 Å². The van der Waals surface area contributed by atoms with Crippen LogP contribution in [0.2, 0.25) is 0 Å². The second-order valence-electron chi connectivity index (χ2n) is 3.99. The molecule has 1 aliphatic heterocycles. The van der Waals surface area contributed by atoms with Crippen molar-refractivity contribution in [3.63, 3.8) is 0 Å². The number of hydrogen-bond acceptors (Lipinski definition) is 5. The van der Waals surface area contributed by atoms with Gasteiger partial charge in [-0.25, -0.2) is 0 Å². The van der Waals surface area contributed by atoms with E-state index in [9.17, 15) is 9.59 Å². The lowest BCUT2D eigenvalue weighted by molar-refractivity contribution is -0.138. The highest BCUT2D eigenvalue weighted by atomic mass is 32.1. The highest BCUT2D eigenvalue weighted by Gasteiger charge is 2.37. The van der Waals surface area contributed by atoms with Crippen LogP contribution in [0.1, 0.15) is 24.6 Å². The summed E-state index contributed by atoms with van der Waals surface area (Å²) in [4.78, 5) is 29.9. The molecule has 2 amide bonds. The quantitative estimate of drug-likeness (QED) is 0.787. The summed E-state index contributed by atoms with van der Waals surface area (Å²) in [5, 5.41) is 3.11. The molecule has 0 spiro atoms. The molecule has 1 aromatic rings. The van der Waals surface area contributed by atoms with E-state index in [2.05, 4.69) is 10.3 Å². The van der Waals surface area contributed by atoms with Gasteiger partial charge in [0.1, 0.15) is 0 Å². The van der Waals surface area contributed by atoms with Crippen molar-refractivity contribution in [1.82, 2.24) is 15.2 Å². The molecular weight excluding hydrogens is 238 g/mol. The first-order valence-corrected chi connectivity index (χ1v) is 6.55. The van der Waals surface area contributed by atoms with E-state index < -0.39 is 0 Å². The highest BCUT2D eigenvalue weighted by Crippen LogP contribution is 2.14. The van der Waals surface area contributed by atoms with Gasteiger partial charge in [0.05, 0.1) is 18.0 Å². The molecule has 17 heavy (non-hydrogen) atoms. The minimum Gasteiger partial charge on any atom is -0.300 e. The standard InChI is InChI=1S/C11H15N3O2S/c1-2-3-14-10(15)4-9(11(14)16)13-6-8-5-12-7-17-8/h5,7,9,13H,2-4,6H2,1H3. The van der Waals surface area contributed by atoms with Crippen LogP contribution in [-0.2, 0) is 16.1 Å². The van der Waals surface area contributed by atoms with Crippen LogP contribution in [0.3, 0.4) is 0 Å². The predicted molar refractivity (Wildman–Crippen MR) is 64.4 cm³/mol. The third kappa shape index (κ3) is 2.70. The molecule has 0 radical (unpaired) electrons. The van der Waals surface area contributed by atoms with Crippen LogP contribution < -0.4 is 5.32 Å². The molecular formula is C11H15N3O2S. The number of likely N-dealkylation sites (tertiary alicyclic amines) is 1. The number of carbonyl (C=O) groups excluding carboxylic acids is 2. The van der Waals surface area contributed by atoms with Gasteiger partial charge in [-0.1, -0.05) is 6.92 Å². The molecule has 0 aliphatic carbocycles. The largest absolute Gasteiger partial charge is 0.300 e. The molecule has 1 aliphatic rings. The zero-order chi connectivity index (χ0) is 12.3. The molecule has 1 fully saturated rings. The molecule has 0 bridgehead atoms. The van der Waals surface area contributed by atoms with E-state index in [1.165, 1.54) is 16.2 Å². The molecule has 0 saturated carbocycles. The Morgan fingerprint density at radius 2 is 2.41 bits per heavy atom. The number of amides is 2. The van der Waals surface area contributed by atoms with Crippen LogP contribution in [0, 0.1) is 0 Å². The average molecular weight is 253 g/mol. The maximum Gasteiger partial charge on any atom is 0.246 e. The Morgan fingerprint density at radius 1 is 1.59 bits per heavy atom. The summed E-state index contributed by atoms with van der Waals surface area (Å²) >= 11 is 1.54. The Labute approximate surface area is 104 Å². The fourth-order valence-electron chi connectivity index (χ4n) is 1.85. The summed E-state index contributed by atoms with van der Waals surface area (Å²) in [7, 11) is 0. The first-order valence-electron chi connectivity index (χ1n) is 5.67. The van der Waals surface area contributed by atoms with E-state index in [1.807, 2.05) is 6.92 Å².